The first-order chi connectivity index (χ1) is 9.82. The second kappa shape index (κ2) is 6.43. The summed E-state index contributed by atoms with van der Waals surface area (Å²) in [7, 11) is -3.77. The van der Waals surface area contributed by atoms with Gasteiger partial charge in [-0.15, -0.1) is 11.3 Å². The summed E-state index contributed by atoms with van der Waals surface area (Å²) in [4.78, 5) is 14.7. The lowest BCUT2D eigenvalue weighted by atomic mass is 10.1. The number of nitrogens with zero attached hydrogens (tertiary/aromatic N) is 1. The molecule has 1 saturated heterocycles. The number of likely N-dealkylation sites (tertiary alicyclic amines) is 1. The number of carbonyl (C=O) groups excluding carboxylic acids is 1. The number of hydrogen-bond donors (Lipinski definition) is 1. The van der Waals surface area contributed by atoms with Crippen molar-refractivity contribution in [3.63, 3.8) is 0 Å². The summed E-state index contributed by atoms with van der Waals surface area (Å²) >= 11 is 0.938. The van der Waals surface area contributed by atoms with Crippen LogP contribution in [0, 0.1) is 6.92 Å². The van der Waals surface area contributed by atoms with E-state index >= 15 is 0 Å². The van der Waals surface area contributed by atoms with E-state index in [1.165, 1.54) is 6.07 Å². The topological polar surface area (TPSA) is 89.7 Å². The molecule has 1 aliphatic rings. The monoisotopic (exact) mass is 332 g/mol. The molecule has 1 aromatic rings. The summed E-state index contributed by atoms with van der Waals surface area (Å²) in [5, 5.41) is 5.12. The Morgan fingerprint density at radius 3 is 2.86 bits per heavy atom. The molecule has 1 atom stereocenters. The number of hydrogen-bond acceptors (Lipinski definition) is 5. The minimum Gasteiger partial charge on any atom is -0.377 e. The van der Waals surface area contributed by atoms with Gasteiger partial charge in [-0.1, -0.05) is 0 Å². The molecule has 21 heavy (non-hydrogen) atoms. The molecule has 1 aromatic heterocycles. The first-order valence-corrected chi connectivity index (χ1v) is 9.23. The molecule has 6 nitrogen and oxygen atoms in total. The van der Waals surface area contributed by atoms with Crippen LogP contribution in [-0.4, -0.2) is 45.0 Å². The molecule has 0 radical (unpaired) electrons. The molecule has 1 amide bonds. The van der Waals surface area contributed by atoms with E-state index in [1.807, 2.05) is 6.92 Å². The van der Waals surface area contributed by atoms with Crippen molar-refractivity contribution in [1.82, 2.24) is 4.90 Å². The molecule has 2 N–H and O–H groups in total. The van der Waals surface area contributed by atoms with Crippen molar-refractivity contribution in [3.05, 3.63) is 16.5 Å². The fourth-order valence-corrected chi connectivity index (χ4v) is 4.37. The normalized spacial score (nSPS) is 19.8. The van der Waals surface area contributed by atoms with Crippen molar-refractivity contribution in [3.8, 4) is 0 Å². The van der Waals surface area contributed by atoms with Crippen LogP contribution < -0.4 is 5.14 Å². The predicted octanol–water partition coefficient (Wildman–Crippen LogP) is 1.35. The molecule has 0 aliphatic carbocycles. The minimum absolute atomic E-state index is 0.0294. The Morgan fingerprint density at radius 2 is 2.29 bits per heavy atom. The van der Waals surface area contributed by atoms with Gasteiger partial charge in [0.05, 0.1) is 11.0 Å². The average molecular weight is 332 g/mol. The quantitative estimate of drug-likeness (QED) is 0.901. The van der Waals surface area contributed by atoms with Crippen LogP contribution >= 0.6 is 11.3 Å². The van der Waals surface area contributed by atoms with Gasteiger partial charge in [-0.25, -0.2) is 13.6 Å². The molecule has 2 rings (SSSR count). The summed E-state index contributed by atoms with van der Waals surface area (Å²) in [6.45, 7) is 5.50. The number of rotatable bonds is 4. The van der Waals surface area contributed by atoms with E-state index in [2.05, 4.69) is 0 Å². The van der Waals surface area contributed by atoms with E-state index in [-0.39, 0.29) is 16.2 Å². The third-order valence-corrected chi connectivity index (χ3v) is 6.08. The number of thiophene rings is 1. The molecule has 0 aromatic carbocycles. The first-order valence-electron chi connectivity index (χ1n) is 6.87. The van der Waals surface area contributed by atoms with E-state index in [1.54, 1.807) is 11.8 Å². The Labute approximate surface area is 128 Å². The largest absolute Gasteiger partial charge is 0.377 e. The Morgan fingerprint density at radius 1 is 1.57 bits per heavy atom. The van der Waals surface area contributed by atoms with Gasteiger partial charge >= 0.3 is 0 Å². The van der Waals surface area contributed by atoms with E-state index in [0.717, 1.165) is 24.2 Å². The fraction of sp³-hybridized carbons (Fsp3) is 0.615. The van der Waals surface area contributed by atoms with E-state index < -0.39 is 10.0 Å². The number of piperidine rings is 1. The van der Waals surface area contributed by atoms with Crippen LogP contribution in [-0.2, 0) is 14.8 Å². The molecular weight excluding hydrogens is 312 g/mol. The number of aryl methyl sites for hydroxylation is 1. The van der Waals surface area contributed by atoms with Gasteiger partial charge in [0.2, 0.25) is 10.0 Å². The van der Waals surface area contributed by atoms with E-state index in [4.69, 9.17) is 9.88 Å². The number of primary sulfonamides is 1. The molecular formula is C13H20N2O4S2. The van der Waals surface area contributed by atoms with E-state index in [0.29, 0.717) is 30.1 Å². The van der Waals surface area contributed by atoms with Crippen LogP contribution in [0.15, 0.2) is 10.3 Å². The highest BCUT2D eigenvalue weighted by Crippen LogP contribution is 2.27. The second-order valence-corrected chi connectivity index (χ2v) is 7.93. The van der Waals surface area contributed by atoms with Crippen molar-refractivity contribution in [2.75, 3.05) is 19.7 Å². The Kier molecular flexibility index (Phi) is 5.03. The lowest BCUT2D eigenvalue weighted by Crippen LogP contribution is -2.43. The van der Waals surface area contributed by atoms with Crippen LogP contribution in [0.5, 0.6) is 0 Å². The molecule has 0 saturated carbocycles. The summed E-state index contributed by atoms with van der Waals surface area (Å²) in [5.41, 5.74) is 0.646. The van der Waals surface area contributed by atoms with Crippen molar-refractivity contribution in [2.45, 2.75) is 37.0 Å². The minimum atomic E-state index is -3.77. The maximum absolute atomic E-state index is 12.6. The van der Waals surface area contributed by atoms with Crippen LogP contribution in [0.4, 0.5) is 0 Å². The van der Waals surface area contributed by atoms with Crippen molar-refractivity contribution >= 4 is 27.3 Å². The van der Waals surface area contributed by atoms with Gasteiger partial charge in [0.25, 0.3) is 5.91 Å². The number of sulfonamides is 1. The zero-order valence-electron chi connectivity index (χ0n) is 12.2. The molecule has 0 bridgehead atoms. The summed E-state index contributed by atoms with van der Waals surface area (Å²) in [6.07, 6.45) is 1.90. The summed E-state index contributed by atoms with van der Waals surface area (Å²) in [5.74, 6) is -0.142. The standard InChI is InChI=1S/C13H20N2O4S2/c1-3-19-10-5-4-6-15(8-10)13(16)12-9(2)7-11(20-12)21(14,17)18/h7,10H,3-6,8H2,1-2H3,(H2,14,17,18)/t10-/m0/s1. The van der Waals surface area contributed by atoms with Gasteiger partial charge < -0.3 is 9.64 Å². The Balaban J connectivity index is 2.18. The zero-order valence-corrected chi connectivity index (χ0v) is 13.8. The molecule has 118 valence electrons. The fourth-order valence-electron chi connectivity index (χ4n) is 2.44. The number of ether oxygens (including phenoxy) is 1. The average Bonchev–Trinajstić information content (AvgIpc) is 2.81. The van der Waals surface area contributed by atoms with Crippen LogP contribution in [0.3, 0.4) is 0 Å². The van der Waals surface area contributed by atoms with Crippen molar-refractivity contribution in [1.29, 1.82) is 0 Å². The Hall–Kier alpha value is -0.960. The maximum atomic E-state index is 12.6. The van der Waals surface area contributed by atoms with Gasteiger partial charge in [0.1, 0.15) is 4.21 Å². The van der Waals surface area contributed by atoms with Gasteiger partial charge in [0.15, 0.2) is 0 Å². The molecule has 8 heteroatoms. The molecule has 0 spiro atoms. The van der Waals surface area contributed by atoms with E-state index in [9.17, 15) is 13.2 Å². The highest BCUT2D eigenvalue weighted by Gasteiger charge is 2.27. The van der Waals surface area contributed by atoms with Gasteiger partial charge in [-0.05, 0) is 38.3 Å². The lowest BCUT2D eigenvalue weighted by molar-refractivity contribution is 0.00739. The van der Waals surface area contributed by atoms with Crippen LogP contribution in [0.1, 0.15) is 35.0 Å². The molecule has 0 unspecified atom stereocenters. The maximum Gasteiger partial charge on any atom is 0.264 e. The summed E-state index contributed by atoms with van der Waals surface area (Å²) in [6, 6.07) is 1.46. The zero-order chi connectivity index (χ0) is 15.6. The molecule has 2 heterocycles. The first kappa shape index (κ1) is 16.4. The SMILES string of the molecule is CCO[C@H]1CCCN(C(=O)c2sc(S(N)(=O)=O)cc2C)C1. The lowest BCUT2D eigenvalue weighted by Gasteiger charge is -2.32. The van der Waals surface area contributed by atoms with Gasteiger partial charge in [-0.2, -0.15) is 0 Å². The smallest absolute Gasteiger partial charge is 0.264 e. The van der Waals surface area contributed by atoms with Crippen molar-refractivity contribution in [2.24, 2.45) is 5.14 Å². The Bertz CT molecular complexity index is 622. The third kappa shape index (κ3) is 3.82. The highest BCUT2D eigenvalue weighted by atomic mass is 32.2. The third-order valence-electron chi connectivity index (χ3n) is 3.44. The number of carbonyl (C=O) groups is 1. The number of amides is 1. The van der Waals surface area contributed by atoms with Gasteiger partial charge in [-0.3, -0.25) is 4.79 Å². The van der Waals surface area contributed by atoms with Gasteiger partial charge in [0, 0.05) is 19.7 Å². The van der Waals surface area contributed by atoms with Crippen LogP contribution in [0.25, 0.3) is 0 Å². The molecule has 1 fully saturated rings. The summed E-state index contributed by atoms with van der Waals surface area (Å²) < 4.78 is 28.4. The van der Waals surface area contributed by atoms with Crippen LogP contribution in [0.2, 0.25) is 0 Å². The second-order valence-electron chi connectivity index (χ2n) is 5.09. The predicted molar refractivity (Wildman–Crippen MR) is 81.0 cm³/mol. The highest BCUT2D eigenvalue weighted by molar-refractivity contribution is 7.91. The van der Waals surface area contributed by atoms with Crippen molar-refractivity contribution < 1.29 is 17.9 Å². The number of nitrogens with two attached hydrogens (primary N) is 1. The molecule has 1 aliphatic heterocycles.